The van der Waals surface area contributed by atoms with Crippen molar-refractivity contribution in [2.45, 2.75) is 31.5 Å². The molecule has 0 bridgehead atoms. The van der Waals surface area contributed by atoms with Crippen molar-refractivity contribution in [3.05, 3.63) is 60.2 Å². The Morgan fingerprint density at radius 1 is 1.08 bits per heavy atom. The highest BCUT2D eigenvalue weighted by Gasteiger charge is 2.27. The van der Waals surface area contributed by atoms with Crippen LogP contribution in [-0.2, 0) is 11.3 Å². The number of hydrogen-bond donors (Lipinski definition) is 1. The Kier molecular flexibility index (Phi) is 5.86. The molecule has 2 aromatic rings. The fraction of sp³-hybridized carbons (Fsp3) is 0.400. The lowest BCUT2D eigenvalue weighted by Crippen LogP contribution is -2.47. The largest absolute Gasteiger partial charge is 0.457 e. The minimum atomic E-state index is 0.336. The average Bonchev–Trinajstić information content (AvgIpc) is 2.63. The molecular weight excluding hydrogens is 300 g/mol. The molecule has 1 aliphatic rings. The lowest BCUT2D eigenvalue weighted by molar-refractivity contribution is 0.0102. The van der Waals surface area contributed by atoms with E-state index in [1.165, 1.54) is 5.56 Å². The Labute approximate surface area is 144 Å². The second-order valence-electron chi connectivity index (χ2n) is 6.30. The van der Waals surface area contributed by atoms with Crippen LogP contribution in [-0.4, -0.2) is 37.2 Å². The third-order valence-electron chi connectivity index (χ3n) is 4.66. The summed E-state index contributed by atoms with van der Waals surface area (Å²) in [6, 6.07) is 18.6. The first-order chi connectivity index (χ1) is 11.8. The van der Waals surface area contributed by atoms with Crippen LogP contribution in [0.3, 0.4) is 0 Å². The smallest absolute Gasteiger partial charge is 0.127 e. The number of methoxy groups -OCH3 is 1. The van der Waals surface area contributed by atoms with Gasteiger partial charge < -0.3 is 15.2 Å². The molecule has 4 nitrogen and oxygen atoms in total. The Morgan fingerprint density at radius 2 is 1.88 bits per heavy atom. The summed E-state index contributed by atoms with van der Waals surface area (Å²) >= 11 is 0. The number of ether oxygens (including phenoxy) is 2. The summed E-state index contributed by atoms with van der Waals surface area (Å²) in [5.41, 5.74) is 7.22. The van der Waals surface area contributed by atoms with E-state index < -0.39 is 0 Å². The Morgan fingerprint density at radius 3 is 2.62 bits per heavy atom. The van der Waals surface area contributed by atoms with Crippen LogP contribution in [0.1, 0.15) is 18.4 Å². The summed E-state index contributed by atoms with van der Waals surface area (Å²) in [6.45, 7) is 2.58. The van der Waals surface area contributed by atoms with Crippen molar-refractivity contribution in [1.29, 1.82) is 0 Å². The number of nitrogens with zero attached hydrogens (tertiary/aromatic N) is 1. The Bertz CT molecular complexity index is 633. The maximum atomic E-state index is 5.97. The van der Waals surface area contributed by atoms with Gasteiger partial charge in [0.2, 0.25) is 0 Å². The van der Waals surface area contributed by atoms with Gasteiger partial charge in [-0.25, -0.2) is 0 Å². The highest BCUT2D eigenvalue weighted by molar-refractivity contribution is 5.33. The van der Waals surface area contributed by atoms with E-state index in [4.69, 9.17) is 15.2 Å². The van der Waals surface area contributed by atoms with Gasteiger partial charge in [0.1, 0.15) is 11.5 Å². The van der Waals surface area contributed by atoms with E-state index >= 15 is 0 Å². The Balaban J connectivity index is 1.66. The fourth-order valence-electron chi connectivity index (χ4n) is 3.30. The molecule has 2 unspecified atom stereocenters. The van der Waals surface area contributed by atoms with Gasteiger partial charge in [-0.2, -0.15) is 0 Å². The van der Waals surface area contributed by atoms with Crippen molar-refractivity contribution in [2.24, 2.45) is 5.73 Å². The Hall–Kier alpha value is -1.88. The minimum absolute atomic E-state index is 0.336. The molecule has 128 valence electrons. The van der Waals surface area contributed by atoms with E-state index in [9.17, 15) is 0 Å². The van der Waals surface area contributed by atoms with E-state index in [1.54, 1.807) is 7.11 Å². The van der Waals surface area contributed by atoms with Crippen molar-refractivity contribution in [3.63, 3.8) is 0 Å². The summed E-state index contributed by atoms with van der Waals surface area (Å²) in [6.07, 6.45) is 2.41. The molecule has 0 amide bonds. The summed E-state index contributed by atoms with van der Waals surface area (Å²) in [4.78, 5) is 2.46. The van der Waals surface area contributed by atoms with Gasteiger partial charge in [-0.1, -0.05) is 30.3 Å². The molecule has 1 heterocycles. The summed E-state index contributed by atoms with van der Waals surface area (Å²) in [7, 11) is 1.79. The second kappa shape index (κ2) is 8.29. The SMILES string of the molecule is COC1CCN(Cc2cccc(Oc3ccccc3)c2)C(CN)C1. The first-order valence-corrected chi connectivity index (χ1v) is 8.57. The molecule has 0 aliphatic carbocycles. The molecule has 0 radical (unpaired) electrons. The van der Waals surface area contributed by atoms with Gasteiger partial charge in [-0.15, -0.1) is 0 Å². The molecule has 1 fully saturated rings. The highest BCUT2D eigenvalue weighted by atomic mass is 16.5. The fourth-order valence-corrected chi connectivity index (χ4v) is 3.30. The average molecular weight is 326 g/mol. The van der Waals surface area contributed by atoms with Crippen LogP contribution >= 0.6 is 0 Å². The standard InChI is InChI=1S/C20H26N2O2/c1-23-19-10-11-22(17(13-19)14-21)15-16-6-5-9-20(12-16)24-18-7-3-2-4-8-18/h2-9,12,17,19H,10-11,13-15,21H2,1H3. The number of benzene rings is 2. The number of para-hydroxylation sites is 1. The van der Waals surface area contributed by atoms with Gasteiger partial charge >= 0.3 is 0 Å². The van der Waals surface area contributed by atoms with Crippen molar-refractivity contribution in [1.82, 2.24) is 4.90 Å². The molecule has 1 aliphatic heterocycles. The summed E-state index contributed by atoms with van der Waals surface area (Å²) in [5.74, 6) is 1.73. The first kappa shape index (κ1) is 17.0. The first-order valence-electron chi connectivity index (χ1n) is 8.57. The van der Waals surface area contributed by atoms with Crippen LogP contribution in [0.2, 0.25) is 0 Å². The quantitative estimate of drug-likeness (QED) is 0.883. The number of likely N-dealkylation sites (tertiary alicyclic amines) is 1. The lowest BCUT2D eigenvalue weighted by Gasteiger charge is -2.38. The van der Waals surface area contributed by atoms with E-state index in [0.29, 0.717) is 18.7 Å². The third-order valence-corrected chi connectivity index (χ3v) is 4.66. The summed E-state index contributed by atoms with van der Waals surface area (Å²) in [5, 5.41) is 0. The van der Waals surface area contributed by atoms with Crippen LogP contribution in [0.4, 0.5) is 0 Å². The number of rotatable bonds is 6. The molecule has 24 heavy (non-hydrogen) atoms. The maximum Gasteiger partial charge on any atom is 0.127 e. The third kappa shape index (κ3) is 4.35. The molecule has 0 spiro atoms. The molecule has 0 saturated carbocycles. The van der Waals surface area contributed by atoms with Crippen molar-refractivity contribution >= 4 is 0 Å². The second-order valence-corrected chi connectivity index (χ2v) is 6.30. The zero-order valence-electron chi connectivity index (χ0n) is 14.2. The summed E-state index contributed by atoms with van der Waals surface area (Å²) < 4.78 is 11.4. The number of nitrogens with two attached hydrogens (primary N) is 1. The topological polar surface area (TPSA) is 47.7 Å². The van der Waals surface area contributed by atoms with Crippen LogP contribution in [0.15, 0.2) is 54.6 Å². The molecule has 2 N–H and O–H groups in total. The van der Waals surface area contributed by atoms with Crippen LogP contribution in [0, 0.1) is 0 Å². The van der Waals surface area contributed by atoms with Crippen LogP contribution < -0.4 is 10.5 Å². The van der Waals surface area contributed by atoms with Gasteiger partial charge in [0.15, 0.2) is 0 Å². The van der Waals surface area contributed by atoms with Crippen molar-refractivity contribution < 1.29 is 9.47 Å². The van der Waals surface area contributed by atoms with E-state index in [0.717, 1.165) is 37.4 Å². The lowest BCUT2D eigenvalue weighted by atomic mass is 9.98. The van der Waals surface area contributed by atoms with Gasteiger partial charge in [-0.3, -0.25) is 4.90 Å². The zero-order chi connectivity index (χ0) is 16.8. The van der Waals surface area contributed by atoms with Gasteiger partial charge in [0, 0.05) is 32.8 Å². The van der Waals surface area contributed by atoms with Crippen molar-refractivity contribution in [2.75, 3.05) is 20.2 Å². The molecule has 4 heteroatoms. The molecule has 2 aromatic carbocycles. The predicted octanol–water partition coefficient (Wildman–Crippen LogP) is 3.42. The molecule has 1 saturated heterocycles. The van der Waals surface area contributed by atoms with Crippen LogP contribution in [0.5, 0.6) is 11.5 Å². The normalized spacial score (nSPS) is 21.6. The monoisotopic (exact) mass is 326 g/mol. The van der Waals surface area contributed by atoms with E-state index in [2.05, 4.69) is 17.0 Å². The zero-order valence-corrected chi connectivity index (χ0v) is 14.2. The predicted molar refractivity (Wildman–Crippen MR) is 96.2 cm³/mol. The number of piperidine rings is 1. The van der Waals surface area contributed by atoms with Crippen molar-refractivity contribution in [3.8, 4) is 11.5 Å². The minimum Gasteiger partial charge on any atom is -0.457 e. The highest BCUT2D eigenvalue weighted by Crippen LogP contribution is 2.25. The van der Waals surface area contributed by atoms with E-state index in [-0.39, 0.29) is 0 Å². The van der Waals surface area contributed by atoms with Gasteiger partial charge in [-0.05, 0) is 42.7 Å². The molecule has 3 rings (SSSR count). The van der Waals surface area contributed by atoms with Crippen LogP contribution in [0.25, 0.3) is 0 Å². The molecule has 2 atom stereocenters. The van der Waals surface area contributed by atoms with E-state index in [1.807, 2.05) is 42.5 Å². The van der Waals surface area contributed by atoms with Gasteiger partial charge in [0.05, 0.1) is 6.10 Å². The molecular formula is C20H26N2O2. The maximum absolute atomic E-state index is 5.97. The molecule has 0 aromatic heterocycles. The van der Waals surface area contributed by atoms with Gasteiger partial charge in [0.25, 0.3) is 0 Å². The number of hydrogen-bond acceptors (Lipinski definition) is 4.